The molecular weight excluding hydrogens is 224 g/mol. The van der Waals surface area contributed by atoms with Gasteiger partial charge in [-0.1, -0.05) is 6.07 Å². The Balaban J connectivity index is 2.04. The summed E-state index contributed by atoms with van der Waals surface area (Å²) in [5.74, 6) is 1.25. The molecule has 1 heterocycles. The highest BCUT2D eigenvalue weighted by Gasteiger charge is 2.02. The summed E-state index contributed by atoms with van der Waals surface area (Å²) >= 11 is 4.76. The lowest BCUT2D eigenvalue weighted by Gasteiger charge is -2.05. The molecule has 2 rings (SSSR count). The standard InChI is InChI=1S/C11H12N2O2S/c1-7-3-4-9(5-8(7)2)14-6-10-12-13-11(16)15-10/h3-5H,6H2,1-2H3,(H,13,16). The highest BCUT2D eigenvalue weighted by Crippen LogP contribution is 2.17. The third-order valence-electron chi connectivity index (χ3n) is 2.32. The highest BCUT2D eigenvalue weighted by atomic mass is 32.1. The van der Waals surface area contributed by atoms with Crippen LogP contribution in [0.5, 0.6) is 5.75 Å². The molecule has 0 saturated carbocycles. The molecule has 0 fully saturated rings. The van der Waals surface area contributed by atoms with E-state index in [1.807, 2.05) is 25.1 Å². The zero-order valence-electron chi connectivity index (χ0n) is 9.11. The van der Waals surface area contributed by atoms with E-state index in [0.717, 1.165) is 5.75 Å². The molecule has 1 aromatic heterocycles. The van der Waals surface area contributed by atoms with Crippen molar-refractivity contribution in [2.45, 2.75) is 20.5 Å². The van der Waals surface area contributed by atoms with Crippen molar-refractivity contribution in [2.75, 3.05) is 0 Å². The van der Waals surface area contributed by atoms with E-state index in [1.54, 1.807) is 0 Å². The number of rotatable bonds is 3. The van der Waals surface area contributed by atoms with Crippen LogP contribution < -0.4 is 4.74 Å². The molecule has 0 saturated heterocycles. The van der Waals surface area contributed by atoms with Crippen LogP contribution in [0.15, 0.2) is 22.6 Å². The van der Waals surface area contributed by atoms with Crippen LogP contribution in [-0.2, 0) is 6.61 Å². The minimum Gasteiger partial charge on any atom is -0.484 e. The van der Waals surface area contributed by atoms with Gasteiger partial charge in [-0.3, -0.25) is 0 Å². The second kappa shape index (κ2) is 4.49. The number of ether oxygens (including phenoxy) is 1. The van der Waals surface area contributed by atoms with Crippen LogP contribution in [-0.4, -0.2) is 10.2 Å². The lowest BCUT2D eigenvalue weighted by atomic mass is 10.1. The predicted molar refractivity (Wildman–Crippen MR) is 61.9 cm³/mol. The van der Waals surface area contributed by atoms with Crippen LogP contribution in [0.3, 0.4) is 0 Å². The van der Waals surface area contributed by atoms with Gasteiger partial charge in [-0.2, -0.15) is 0 Å². The maximum absolute atomic E-state index is 5.52. The van der Waals surface area contributed by atoms with Crippen molar-refractivity contribution >= 4 is 12.2 Å². The Morgan fingerprint density at radius 1 is 1.38 bits per heavy atom. The fourth-order valence-electron chi connectivity index (χ4n) is 1.27. The molecule has 4 nitrogen and oxygen atoms in total. The number of benzene rings is 1. The third-order valence-corrected chi connectivity index (χ3v) is 2.50. The van der Waals surface area contributed by atoms with E-state index in [2.05, 4.69) is 17.1 Å². The first-order valence-corrected chi connectivity index (χ1v) is 5.30. The molecular formula is C11H12N2O2S. The Kier molecular flexibility index (Phi) is 3.05. The summed E-state index contributed by atoms with van der Waals surface area (Å²) in [5, 5.41) is 6.39. The largest absolute Gasteiger partial charge is 0.484 e. The van der Waals surface area contributed by atoms with Gasteiger partial charge in [-0.25, -0.2) is 5.10 Å². The van der Waals surface area contributed by atoms with Crippen LogP contribution in [0.4, 0.5) is 0 Å². The van der Waals surface area contributed by atoms with Gasteiger partial charge in [0.2, 0.25) is 0 Å². The van der Waals surface area contributed by atoms with Gasteiger partial charge in [-0.05, 0) is 49.3 Å². The maximum atomic E-state index is 5.52. The molecule has 0 radical (unpaired) electrons. The van der Waals surface area contributed by atoms with Crippen molar-refractivity contribution in [2.24, 2.45) is 0 Å². The number of aromatic nitrogens is 2. The lowest BCUT2D eigenvalue weighted by Crippen LogP contribution is -1.96. The molecule has 0 bridgehead atoms. The number of aryl methyl sites for hydroxylation is 2. The van der Waals surface area contributed by atoms with E-state index >= 15 is 0 Å². The summed E-state index contributed by atoms with van der Waals surface area (Å²) < 4.78 is 10.6. The van der Waals surface area contributed by atoms with Gasteiger partial charge in [0.15, 0.2) is 6.61 Å². The van der Waals surface area contributed by atoms with Crippen LogP contribution in [0.25, 0.3) is 0 Å². The SMILES string of the molecule is Cc1ccc(OCc2n[nH]c(=S)o2)cc1C. The minimum atomic E-state index is 0.263. The van der Waals surface area contributed by atoms with E-state index in [1.165, 1.54) is 11.1 Å². The molecule has 5 heteroatoms. The second-order valence-electron chi connectivity index (χ2n) is 3.54. The van der Waals surface area contributed by atoms with Crippen molar-refractivity contribution in [1.29, 1.82) is 0 Å². The van der Waals surface area contributed by atoms with Gasteiger partial charge in [0, 0.05) is 0 Å². The number of aromatic amines is 1. The van der Waals surface area contributed by atoms with Gasteiger partial charge in [0.1, 0.15) is 5.75 Å². The van der Waals surface area contributed by atoms with Crippen molar-refractivity contribution in [3.63, 3.8) is 0 Å². The van der Waals surface area contributed by atoms with E-state index in [9.17, 15) is 0 Å². The fraction of sp³-hybridized carbons (Fsp3) is 0.273. The zero-order chi connectivity index (χ0) is 11.5. The number of hydrogen-bond donors (Lipinski definition) is 1. The average Bonchev–Trinajstić information content (AvgIpc) is 2.66. The topological polar surface area (TPSA) is 51.0 Å². The molecule has 0 aliphatic heterocycles. The second-order valence-corrected chi connectivity index (χ2v) is 3.91. The maximum Gasteiger partial charge on any atom is 0.284 e. The Labute approximate surface area is 98.3 Å². The Morgan fingerprint density at radius 2 is 2.19 bits per heavy atom. The van der Waals surface area contributed by atoms with E-state index in [0.29, 0.717) is 5.89 Å². The molecule has 16 heavy (non-hydrogen) atoms. The summed E-state index contributed by atoms with van der Waals surface area (Å²) in [6.45, 7) is 4.38. The van der Waals surface area contributed by atoms with Crippen molar-refractivity contribution < 1.29 is 9.15 Å². The van der Waals surface area contributed by atoms with E-state index in [-0.39, 0.29) is 11.4 Å². The molecule has 1 N–H and O–H groups in total. The Hall–Kier alpha value is -1.62. The minimum absolute atomic E-state index is 0.263. The van der Waals surface area contributed by atoms with Gasteiger partial charge >= 0.3 is 0 Å². The van der Waals surface area contributed by atoms with Crippen LogP contribution >= 0.6 is 12.2 Å². The molecule has 2 aromatic rings. The third kappa shape index (κ3) is 2.49. The first kappa shape index (κ1) is 10.9. The van der Waals surface area contributed by atoms with Crippen LogP contribution in [0.2, 0.25) is 0 Å². The first-order valence-electron chi connectivity index (χ1n) is 4.89. The molecule has 0 aliphatic rings. The monoisotopic (exact) mass is 236 g/mol. The van der Waals surface area contributed by atoms with E-state index in [4.69, 9.17) is 21.4 Å². The molecule has 0 amide bonds. The van der Waals surface area contributed by atoms with Gasteiger partial charge in [0.05, 0.1) is 0 Å². The quantitative estimate of drug-likeness (QED) is 0.832. The zero-order valence-corrected chi connectivity index (χ0v) is 9.93. The van der Waals surface area contributed by atoms with Crippen molar-refractivity contribution in [3.8, 4) is 5.75 Å². The van der Waals surface area contributed by atoms with Gasteiger partial charge in [0.25, 0.3) is 10.7 Å². The number of nitrogens with zero attached hydrogens (tertiary/aromatic N) is 1. The smallest absolute Gasteiger partial charge is 0.284 e. The lowest BCUT2D eigenvalue weighted by molar-refractivity contribution is 0.261. The summed E-state index contributed by atoms with van der Waals surface area (Å²) in [5.41, 5.74) is 2.44. The summed E-state index contributed by atoms with van der Waals surface area (Å²) in [6, 6.07) is 5.92. The van der Waals surface area contributed by atoms with Crippen molar-refractivity contribution in [1.82, 2.24) is 10.2 Å². The Bertz CT molecular complexity index is 545. The number of hydrogen-bond acceptors (Lipinski definition) is 4. The van der Waals surface area contributed by atoms with Gasteiger partial charge < -0.3 is 9.15 Å². The van der Waals surface area contributed by atoms with Crippen LogP contribution in [0, 0.1) is 18.7 Å². The fourth-order valence-corrected chi connectivity index (χ4v) is 1.41. The predicted octanol–water partition coefficient (Wildman–Crippen LogP) is 2.93. The van der Waals surface area contributed by atoms with Crippen molar-refractivity contribution in [3.05, 3.63) is 40.1 Å². The molecule has 0 unspecified atom stereocenters. The van der Waals surface area contributed by atoms with Gasteiger partial charge in [-0.15, -0.1) is 5.10 Å². The first-order chi connectivity index (χ1) is 7.65. The molecule has 0 spiro atoms. The summed E-state index contributed by atoms with van der Waals surface area (Å²) in [7, 11) is 0. The molecule has 1 aromatic carbocycles. The number of nitrogens with one attached hydrogen (secondary N) is 1. The summed E-state index contributed by atoms with van der Waals surface area (Å²) in [6.07, 6.45) is 0. The average molecular weight is 236 g/mol. The molecule has 0 aliphatic carbocycles. The molecule has 0 atom stereocenters. The normalized spacial score (nSPS) is 10.4. The summed E-state index contributed by atoms with van der Waals surface area (Å²) in [4.78, 5) is 0.263. The highest BCUT2D eigenvalue weighted by molar-refractivity contribution is 7.71. The number of H-pyrrole nitrogens is 1. The van der Waals surface area contributed by atoms with Crippen LogP contribution in [0.1, 0.15) is 17.0 Å². The molecule has 84 valence electrons. The van der Waals surface area contributed by atoms with E-state index < -0.39 is 0 Å². The Morgan fingerprint density at radius 3 is 2.81 bits per heavy atom.